The topological polar surface area (TPSA) is 76.4 Å². The lowest BCUT2D eigenvalue weighted by Crippen LogP contribution is -2.33. The van der Waals surface area contributed by atoms with Gasteiger partial charge >= 0.3 is 0 Å². The van der Waals surface area contributed by atoms with Crippen molar-refractivity contribution in [2.75, 3.05) is 0 Å². The van der Waals surface area contributed by atoms with E-state index >= 15 is 0 Å². The average molecular weight is 271 g/mol. The van der Waals surface area contributed by atoms with E-state index in [1.54, 1.807) is 13.8 Å². The number of hydrogen-bond donors (Lipinski definition) is 1. The fraction of sp³-hybridized carbons (Fsp3) is 0.583. The minimum absolute atomic E-state index is 0.0435. The summed E-state index contributed by atoms with van der Waals surface area (Å²) in [5.41, 5.74) is 0. The molecule has 1 amide bonds. The number of rotatable bonds is 4. The van der Waals surface area contributed by atoms with E-state index in [0.717, 1.165) is 19.3 Å². The van der Waals surface area contributed by atoms with Gasteiger partial charge in [0, 0.05) is 12.5 Å². The highest BCUT2D eigenvalue weighted by Crippen LogP contribution is 2.29. The van der Waals surface area contributed by atoms with Crippen LogP contribution in [-0.4, -0.2) is 14.3 Å². The van der Waals surface area contributed by atoms with Gasteiger partial charge in [-0.05, 0) is 32.6 Å². The minimum Gasteiger partial charge on any atom is -0.465 e. The van der Waals surface area contributed by atoms with Crippen molar-refractivity contribution in [3.05, 3.63) is 17.6 Å². The Morgan fingerprint density at radius 3 is 2.56 bits per heavy atom. The maximum absolute atomic E-state index is 12.0. The highest BCUT2D eigenvalue weighted by atomic mass is 32.2. The van der Waals surface area contributed by atoms with Crippen LogP contribution >= 0.6 is 0 Å². The largest absolute Gasteiger partial charge is 0.465 e. The molecule has 18 heavy (non-hydrogen) atoms. The predicted octanol–water partition coefficient (Wildman–Crippen LogP) is 1.89. The first kappa shape index (κ1) is 13.1. The number of furan rings is 1. The standard InChI is InChI=1S/C12H17NO4S/c1-8-6-11(9(2)17-8)18(15,16)13-12(14)7-10-4-3-5-10/h6,10H,3-5,7H2,1-2H3,(H,13,14). The first-order chi connectivity index (χ1) is 8.38. The molecule has 1 N–H and O–H groups in total. The number of sulfonamides is 1. The Labute approximate surface area is 107 Å². The summed E-state index contributed by atoms with van der Waals surface area (Å²) in [7, 11) is -3.79. The van der Waals surface area contributed by atoms with Crippen molar-refractivity contribution in [2.45, 2.75) is 44.4 Å². The zero-order valence-electron chi connectivity index (χ0n) is 10.5. The lowest BCUT2D eigenvalue weighted by Gasteiger charge is -2.24. The van der Waals surface area contributed by atoms with Gasteiger partial charge in [0.1, 0.15) is 16.4 Å². The number of nitrogens with one attached hydrogen (secondary N) is 1. The molecule has 1 fully saturated rings. The molecule has 0 saturated heterocycles. The number of amides is 1. The van der Waals surface area contributed by atoms with Crippen molar-refractivity contribution in [2.24, 2.45) is 5.92 Å². The van der Waals surface area contributed by atoms with E-state index in [1.165, 1.54) is 6.07 Å². The Bertz CT molecular complexity index is 555. The first-order valence-electron chi connectivity index (χ1n) is 6.01. The summed E-state index contributed by atoms with van der Waals surface area (Å²) in [5.74, 6) is 0.723. The molecule has 1 aromatic rings. The summed E-state index contributed by atoms with van der Waals surface area (Å²) in [6.07, 6.45) is 3.44. The summed E-state index contributed by atoms with van der Waals surface area (Å²) in [6, 6.07) is 1.42. The van der Waals surface area contributed by atoms with Crippen molar-refractivity contribution in [3.8, 4) is 0 Å². The fourth-order valence-electron chi connectivity index (χ4n) is 2.08. The minimum atomic E-state index is -3.79. The third-order valence-corrected chi connectivity index (χ3v) is 4.71. The quantitative estimate of drug-likeness (QED) is 0.907. The molecule has 1 heterocycles. The van der Waals surface area contributed by atoms with Gasteiger partial charge in [0.05, 0.1) is 0 Å². The van der Waals surface area contributed by atoms with Crippen molar-refractivity contribution < 1.29 is 17.6 Å². The molecule has 5 nitrogen and oxygen atoms in total. The van der Waals surface area contributed by atoms with Crippen molar-refractivity contribution in [1.29, 1.82) is 0 Å². The normalized spacial score (nSPS) is 16.3. The van der Waals surface area contributed by atoms with E-state index in [0.29, 0.717) is 17.4 Å². The van der Waals surface area contributed by atoms with Gasteiger partial charge in [0.25, 0.3) is 10.0 Å². The van der Waals surface area contributed by atoms with E-state index in [9.17, 15) is 13.2 Å². The molecule has 2 rings (SSSR count). The number of aryl methyl sites for hydroxylation is 2. The van der Waals surface area contributed by atoms with Crippen LogP contribution in [0.25, 0.3) is 0 Å². The average Bonchev–Trinajstić information content (AvgIpc) is 2.52. The van der Waals surface area contributed by atoms with Gasteiger partial charge < -0.3 is 4.42 Å². The summed E-state index contributed by atoms with van der Waals surface area (Å²) >= 11 is 0. The van der Waals surface area contributed by atoms with Crippen molar-refractivity contribution in [3.63, 3.8) is 0 Å². The van der Waals surface area contributed by atoms with E-state index in [4.69, 9.17) is 4.42 Å². The molecule has 6 heteroatoms. The highest BCUT2D eigenvalue weighted by Gasteiger charge is 2.26. The molecular formula is C12H17NO4S. The molecule has 1 saturated carbocycles. The fourth-order valence-corrected chi connectivity index (χ4v) is 3.31. The Kier molecular flexibility index (Phi) is 3.47. The molecule has 1 aliphatic carbocycles. The Morgan fingerprint density at radius 2 is 2.11 bits per heavy atom. The number of carbonyl (C=O) groups excluding carboxylic acids is 1. The van der Waals surface area contributed by atoms with Crippen LogP contribution in [-0.2, 0) is 14.8 Å². The zero-order chi connectivity index (χ0) is 13.3. The molecule has 0 aliphatic heterocycles. The summed E-state index contributed by atoms with van der Waals surface area (Å²) in [5, 5.41) is 0. The van der Waals surface area contributed by atoms with Gasteiger partial charge in [-0.1, -0.05) is 6.42 Å². The Balaban J connectivity index is 2.06. The molecule has 0 atom stereocenters. The van der Waals surface area contributed by atoms with Crippen LogP contribution in [0.15, 0.2) is 15.4 Å². The molecule has 100 valence electrons. The molecule has 0 radical (unpaired) electrons. The second-order valence-electron chi connectivity index (χ2n) is 4.81. The van der Waals surface area contributed by atoms with Crippen LogP contribution in [0.5, 0.6) is 0 Å². The maximum Gasteiger partial charge on any atom is 0.267 e. The van der Waals surface area contributed by atoms with Gasteiger partial charge in [0.2, 0.25) is 5.91 Å². The summed E-state index contributed by atoms with van der Waals surface area (Å²) < 4.78 is 31.2. The Hall–Kier alpha value is -1.30. The third kappa shape index (κ3) is 2.75. The molecular weight excluding hydrogens is 254 g/mol. The van der Waals surface area contributed by atoms with E-state index in [2.05, 4.69) is 4.72 Å². The molecule has 1 aromatic heterocycles. The van der Waals surface area contributed by atoms with Crippen LogP contribution in [0.3, 0.4) is 0 Å². The molecule has 0 aromatic carbocycles. The molecule has 0 spiro atoms. The van der Waals surface area contributed by atoms with Crippen LogP contribution in [0, 0.1) is 19.8 Å². The van der Waals surface area contributed by atoms with Crippen LogP contribution in [0.1, 0.15) is 37.2 Å². The van der Waals surface area contributed by atoms with Gasteiger partial charge in [-0.25, -0.2) is 13.1 Å². The molecule has 0 bridgehead atoms. The predicted molar refractivity (Wildman–Crippen MR) is 65.5 cm³/mol. The van der Waals surface area contributed by atoms with Gasteiger partial charge in [-0.2, -0.15) is 0 Å². The van der Waals surface area contributed by atoms with Gasteiger partial charge in [0.15, 0.2) is 0 Å². The SMILES string of the molecule is Cc1cc(S(=O)(=O)NC(=O)CC2CCC2)c(C)o1. The van der Waals surface area contributed by atoms with Crippen molar-refractivity contribution >= 4 is 15.9 Å². The second kappa shape index (κ2) is 4.76. The van der Waals surface area contributed by atoms with E-state index in [1.807, 2.05) is 0 Å². The zero-order valence-corrected chi connectivity index (χ0v) is 11.3. The lowest BCUT2D eigenvalue weighted by atomic mass is 9.83. The number of carbonyl (C=O) groups is 1. The first-order valence-corrected chi connectivity index (χ1v) is 7.49. The summed E-state index contributed by atoms with van der Waals surface area (Å²) in [6.45, 7) is 3.24. The smallest absolute Gasteiger partial charge is 0.267 e. The number of hydrogen-bond acceptors (Lipinski definition) is 4. The lowest BCUT2D eigenvalue weighted by molar-refractivity contribution is -0.120. The van der Waals surface area contributed by atoms with Crippen molar-refractivity contribution in [1.82, 2.24) is 4.72 Å². The van der Waals surface area contributed by atoms with E-state index in [-0.39, 0.29) is 11.3 Å². The highest BCUT2D eigenvalue weighted by molar-refractivity contribution is 7.90. The van der Waals surface area contributed by atoms with Crippen LogP contribution in [0.4, 0.5) is 0 Å². The van der Waals surface area contributed by atoms with E-state index < -0.39 is 15.9 Å². The van der Waals surface area contributed by atoms with Crippen LogP contribution in [0.2, 0.25) is 0 Å². The molecule has 0 unspecified atom stereocenters. The Morgan fingerprint density at radius 1 is 1.44 bits per heavy atom. The third-order valence-electron chi connectivity index (χ3n) is 3.23. The van der Waals surface area contributed by atoms with Gasteiger partial charge in [-0.15, -0.1) is 0 Å². The second-order valence-corrected chi connectivity index (χ2v) is 6.46. The summed E-state index contributed by atoms with van der Waals surface area (Å²) in [4.78, 5) is 11.7. The van der Waals surface area contributed by atoms with Gasteiger partial charge in [-0.3, -0.25) is 4.79 Å². The molecule has 1 aliphatic rings. The maximum atomic E-state index is 12.0. The monoisotopic (exact) mass is 271 g/mol. The van der Waals surface area contributed by atoms with Crippen LogP contribution < -0.4 is 4.72 Å².